The van der Waals surface area contributed by atoms with Crippen LogP contribution >= 0.6 is 0 Å². The first-order valence-electron chi connectivity index (χ1n) is 9.35. The van der Waals surface area contributed by atoms with E-state index in [9.17, 15) is 5.11 Å². The molecule has 0 aromatic heterocycles. The highest BCUT2D eigenvalue weighted by molar-refractivity contribution is 6.99. The molecule has 2 aromatic carbocycles. The third-order valence-corrected chi connectivity index (χ3v) is 9.91. The molecular weight excluding hydrogens is 324 g/mol. The highest BCUT2D eigenvalue weighted by Gasteiger charge is 2.51. The first-order valence-corrected chi connectivity index (χ1v) is 11.3. The fraction of sp³-hybridized carbons (Fsp3) is 0.455. The SMILES string of the molecule is CCCC(CCO)O[Si](c1ccccc1)(c1ccccc1)C(C)(C)C. The molecule has 0 radical (unpaired) electrons. The summed E-state index contributed by atoms with van der Waals surface area (Å²) < 4.78 is 7.03. The van der Waals surface area contributed by atoms with Crippen LogP contribution < -0.4 is 10.4 Å². The number of aliphatic hydroxyl groups is 1. The van der Waals surface area contributed by atoms with Crippen molar-refractivity contribution in [3.8, 4) is 0 Å². The van der Waals surface area contributed by atoms with Gasteiger partial charge in [-0.25, -0.2) is 0 Å². The van der Waals surface area contributed by atoms with E-state index in [1.165, 1.54) is 10.4 Å². The zero-order valence-corrected chi connectivity index (χ0v) is 17.0. The minimum atomic E-state index is -2.50. The standard InChI is InChI=1S/C22H32O2Si/c1-5-12-19(17-18-23)24-25(22(2,3)4,20-13-8-6-9-14-20)21-15-10-7-11-16-21/h6-11,13-16,19,23H,5,12,17-18H2,1-4H3. The van der Waals surface area contributed by atoms with Gasteiger partial charge in [-0.15, -0.1) is 0 Å². The lowest BCUT2D eigenvalue weighted by Crippen LogP contribution is -2.67. The average molecular weight is 357 g/mol. The van der Waals surface area contributed by atoms with E-state index in [-0.39, 0.29) is 17.7 Å². The monoisotopic (exact) mass is 356 g/mol. The molecule has 2 aromatic rings. The largest absolute Gasteiger partial charge is 0.404 e. The van der Waals surface area contributed by atoms with Crippen LogP contribution in [0.15, 0.2) is 60.7 Å². The van der Waals surface area contributed by atoms with Crippen LogP contribution in [0.5, 0.6) is 0 Å². The zero-order chi connectivity index (χ0) is 18.3. The van der Waals surface area contributed by atoms with Gasteiger partial charge in [0, 0.05) is 12.7 Å². The Labute approximate surface area is 154 Å². The van der Waals surface area contributed by atoms with E-state index >= 15 is 0 Å². The molecule has 136 valence electrons. The van der Waals surface area contributed by atoms with Crippen LogP contribution in [-0.2, 0) is 4.43 Å². The maximum absolute atomic E-state index is 9.54. The Morgan fingerprint density at radius 2 is 1.36 bits per heavy atom. The second-order valence-corrected chi connectivity index (χ2v) is 12.0. The van der Waals surface area contributed by atoms with Crippen molar-refractivity contribution in [1.29, 1.82) is 0 Å². The van der Waals surface area contributed by atoms with Gasteiger partial charge in [0.05, 0.1) is 0 Å². The summed E-state index contributed by atoms with van der Waals surface area (Å²) in [4.78, 5) is 0. The van der Waals surface area contributed by atoms with Crippen LogP contribution in [0.4, 0.5) is 0 Å². The van der Waals surface area contributed by atoms with Crippen molar-refractivity contribution < 1.29 is 9.53 Å². The van der Waals surface area contributed by atoms with Crippen molar-refractivity contribution in [3.05, 3.63) is 60.7 Å². The summed E-state index contributed by atoms with van der Waals surface area (Å²) in [7, 11) is -2.50. The van der Waals surface area contributed by atoms with Gasteiger partial charge in [0.1, 0.15) is 0 Å². The first kappa shape index (κ1) is 19.9. The molecule has 2 rings (SSSR count). The lowest BCUT2D eigenvalue weighted by Gasteiger charge is -2.45. The fourth-order valence-electron chi connectivity index (χ4n) is 3.67. The van der Waals surface area contributed by atoms with Crippen molar-refractivity contribution in [3.63, 3.8) is 0 Å². The van der Waals surface area contributed by atoms with Gasteiger partial charge in [-0.2, -0.15) is 0 Å². The lowest BCUT2D eigenvalue weighted by molar-refractivity contribution is 0.136. The number of hydrogen-bond acceptors (Lipinski definition) is 2. The number of benzene rings is 2. The van der Waals surface area contributed by atoms with E-state index in [1.54, 1.807) is 0 Å². The molecule has 0 bridgehead atoms. The number of aliphatic hydroxyl groups excluding tert-OH is 1. The van der Waals surface area contributed by atoms with E-state index in [1.807, 2.05) is 0 Å². The van der Waals surface area contributed by atoms with Gasteiger partial charge in [0.15, 0.2) is 0 Å². The van der Waals surface area contributed by atoms with E-state index in [4.69, 9.17) is 4.43 Å². The minimum Gasteiger partial charge on any atom is -0.404 e. The van der Waals surface area contributed by atoms with Gasteiger partial charge < -0.3 is 9.53 Å². The molecule has 1 atom stereocenters. The van der Waals surface area contributed by atoms with Gasteiger partial charge in [-0.05, 0) is 28.3 Å². The van der Waals surface area contributed by atoms with Crippen molar-refractivity contribution in [2.45, 2.75) is 58.1 Å². The first-order chi connectivity index (χ1) is 12.0. The average Bonchev–Trinajstić information content (AvgIpc) is 2.60. The molecule has 0 aliphatic carbocycles. The Bertz CT molecular complexity index is 574. The molecule has 0 fully saturated rings. The molecule has 0 saturated carbocycles. The van der Waals surface area contributed by atoms with E-state index in [0.717, 1.165) is 12.8 Å². The normalized spacial score (nSPS) is 13.6. The summed E-state index contributed by atoms with van der Waals surface area (Å²) >= 11 is 0. The fourth-order valence-corrected chi connectivity index (χ4v) is 8.42. The summed E-state index contributed by atoms with van der Waals surface area (Å²) in [6.45, 7) is 9.23. The Morgan fingerprint density at radius 1 is 0.880 bits per heavy atom. The van der Waals surface area contributed by atoms with Crippen molar-refractivity contribution in [2.75, 3.05) is 6.61 Å². The zero-order valence-electron chi connectivity index (χ0n) is 16.0. The molecule has 0 heterocycles. The minimum absolute atomic E-state index is 0.0167. The van der Waals surface area contributed by atoms with E-state index in [0.29, 0.717) is 6.42 Å². The Hall–Kier alpha value is -1.42. The quantitative estimate of drug-likeness (QED) is 0.721. The predicted octanol–water partition coefficient (Wildman–Crippen LogP) is 4.11. The molecular formula is C22H32O2Si. The van der Waals surface area contributed by atoms with Crippen LogP contribution in [0.3, 0.4) is 0 Å². The summed E-state index contributed by atoms with van der Waals surface area (Å²) in [6, 6.07) is 21.4. The lowest BCUT2D eigenvalue weighted by atomic mass is 10.1. The third-order valence-electron chi connectivity index (χ3n) is 4.82. The third kappa shape index (κ3) is 4.41. The van der Waals surface area contributed by atoms with Crippen molar-refractivity contribution >= 4 is 18.7 Å². The Morgan fingerprint density at radius 3 is 1.72 bits per heavy atom. The van der Waals surface area contributed by atoms with Gasteiger partial charge in [-0.3, -0.25) is 0 Å². The summed E-state index contributed by atoms with van der Waals surface area (Å²) in [6.07, 6.45) is 2.81. The van der Waals surface area contributed by atoms with Crippen LogP contribution in [0.25, 0.3) is 0 Å². The van der Waals surface area contributed by atoms with Crippen LogP contribution in [-0.4, -0.2) is 26.1 Å². The van der Waals surface area contributed by atoms with Crippen LogP contribution in [0.2, 0.25) is 5.04 Å². The highest BCUT2D eigenvalue weighted by atomic mass is 28.4. The maximum Gasteiger partial charge on any atom is 0.261 e. The summed E-state index contributed by atoms with van der Waals surface area (Å²) in [5, 5.41) is 12.1. The highest BCUT2D eigenvalue weighted by Crippen LogP contribution is 2.38. The smallest absolute Gasteiger partial charge is 0.261 e. The van der Waals surface area contributed by atoms with Crippen molar-refractivity contribution in [1.82, 2.24) is 0 Å². The molecule has 0 spiro atoms. The molecule has 2 nitrogen and oxygen atoms in total. The van der Waals surface area contributed by atoms with Gasteiger partial charge >= 0.3 is 0 Å². The molecule has 1 N–H and O–H groups in total. The number of hydrogen-bond donors (Lipinski definition) is 1. The van der Waals surface area contributed by atoms with Gasteiger partial charge in [-0.1, -0.05) is 94.8 Å². The van der Waals surface area contributed by atoms with Crippen molar-refractivity contribution in [2.24, 2.45) is 0 Å². The second-order valence-electron chi connectivity index (χ2n) is 7.70. The Balaban J connectivity index is 2.63. The second kappa shape index (κ2) is 8.79. The van der Waals surface area contributed by atoms with Gasteiger partial charge in [0.2, 0.25) is 0 Å². The summed E-state index contributed by atoms with van der Waals surface area (Å²) in [5.41, 5.74) is 0. The molecule has 0 amide bonds. The topological polar surface area (TPSA) is 29.5 Å². The molecule has 1 unspecified atom stereocenters. The van der Waals surface area contributed by atoms with Crippen LogP contribution in [0.1, 0.15) is 47.0 Å². The molecule has 0 aliphatic heterocycles. The van der Waals surface area contributed by atoms with E-state index in [2.05, 4.69) is 88.4 Å². The maximum atomic E-state index is 9.54. The van der Waals surface area contributed by atoms with Crippen LogP contribution in [0, 0.1) is 0 Å². The van der Waals surface area contributed by atoms with E-state index < -0.39 is 8.32 Å². The molecule has 3 heteroatoms. The summed E-state index contributed by atoms with van der Waals surface area (Å²) in [5.74, 6) is 0. The molecule has 25 heavy (non-hydrogen) atoms. The molecule has 0 saturated heterocycles. The molecule has 0 aliphatic rings. The number of rotatable bonds is 8. The Kier molecular flexibility index (Phi) is 7.00. The van der Waals surface area contributed by atoms with Gasteiger partial charge in [0.25, 0.3) is 8.32 Å². The predicted molar refractivity (Wildman–Crippen MR) is 109 cm³/mol.